The van der Waals surface area contributed by atoms with E-state index in [0.717, 1.165) is 81.4 Å². The first-order valence-electron chi connectivity index (χ1n) is 12.5. The molecule has 0 aromatic heterocycles. The molecule has 5 atom stereocenters. The lowest BCUT2D eigenvalue weighted by atomic mass is 9.63. The summed E-state index contributed by atoms with van der Waals surface area (Å²) in [5.41, 5.74) is 1.97. The highest BCUT2D eigenvalue weighted by atomic mass is 19.3. The van der Waals surface area contributed by atoms with E-state index in [1.54, 1.807) is 6.07 Å². The third-order valence-electron chi connectivity index (χ3n) is 8.40. The summed E-state index contributed by atoms with van der Waals surface area (Å²) in [7, 11) is 0. The first-order valence-corrected chi connectivity index (χ1v) is 12.5. The highest BCUT2D eigenvalue weighted by molar-refractivity contribution is 5.39. The predicted molar refractivity (Wildman–Crippen MR) is 117 cm³/mol. The van der Waals surface area contributed by atoms with Gasteiger partial charge in [0.05, 0.1) is 0 Å². The maximum absolute atomic E-state index is 15.5. The van der Waals surface area contributed by atoms with Crippen LogP contribution in [0.25, 0.3) is 0 Å². The van der Waals surface area contributed by atoms with Gasteiger partial charge in [-0.05, 0) is 111 Å². The van der Waals surface area contributed by atoms with Crippen LogP contribution in [0.2, 0.25) is 0 Å². The standard InChI is InChI=1S/C27H36F4/c1-2-3-4-5-17-7-11-23-22(12-17)16-24(28)26(27(23)31)21-10-9-19-13-18(14-25(29)30)6-8-20(19)15-21/h14,16-21H,2-13,15H2,1H3. The van der Waals surface area contributed by atoms with Gasteiger partial charge < -0.3 is 0 Å². The molecule has 172 valence electrons. The molecule has 0 heterocycles. The van der Waals surface area contributed by atoms with E-state index in [0.29, 0.717) is 23.3 Å². The van der Waals surface area contributed by atoms with E-state index in [2.05, 4.69) is 6.92 Å². The van der Waals surface area contributed by atoms with Crippen molar-refractivity contribution in [3.8, 4) is 0 Å². The van der Waals surface area contributed by atoms with Crippen molar-refractivity contribution in [2.24, 2.45) is 23.7 Å². The number of benzene rings is 1. The molecule has 31 heavy (non-hydrogen) atoms. The van der Waals surface area contributed by atoms with Gasteiger partial charge in [0.2, 0.25) is 0 Å². The minimum absolute atomic E-state index is 0.0368. The van der Waals surface area contributed by atoms with Crippen LogP contribution in [-0.4, -0.2) is 0 Å². The first kappa shape index (κ1) is 22.9. The Morgan fingerprint density at radius 3 is 2.55 bits per heavy atom. The third-order valence-corrected chi connectivity index (χ3v) is 8.40. The van der Waals surface area contributed by atoms with Crippen molar-refractivity contribution in [1.82, 2.24) is 0 Å². The SMILES string of the molecule is CCCCCC1CCc2c(cc(F)c(C3CCC4CC(C=C(F)F)CCC4C3)c2F)C1. The van der Waals surface area contributed by atoms with Gasteiger partial charge >= 0.3 is 0 Å². The van der Waals surface area contributed by atoms with E-state index in [9.17, 15) is 8.78 Å². The summed E-state index contributed by atoms with van der Waals surface area (Å²) < 4.78 is 56.0. The molecule has 0 aliphatic heterocycles. The average Bonchev–Trinajstić information content (AvgIpc) is 2.73. The number of rotatable bonds is 6. The zero-order valence-electron chi connectivity index (χ0n) is 18.7. The second kappa shape index (κ2) is 10.1. The maximum atomic E-state index is 15.5. The van der Waals surface area contributed by atoms with Crippen molar-refractivity contribution in [2.75, 3.05) is 0 Å². The highest BCUT2D eigenvalue weighted by Crippen LogP contribution is 2.49. The summed E-state index contributed by atoms with van der Waals surface area (Å²) in [6.45, 7) is 2.20. The molecule has 0 saturated heterocycles. The van der Waals surface area contributed by atoms with Gasteiger partial charge in [0.1, 0.15) is 11.6 Å². The van der Waals surface area contributed by atoms with Gasteiger partial charge in [0, 0.05) is 5.56 Å². The largest absolute Gasteiger partial charge is 0.266 e. The Balaban J connectivity index is 1.45. The molecule has 3 aliphatic carbocycles. The zero-order valence-corrected chi connectivity index (χ0v) is 18.7. The van der Waals surface area contributed by atoms with Crippen molar-refractivity contribution in [3.63, 3.8) is 0 Å². The molecule has 1 aromatic rings. The zero-order chi connectivity index (χ0) is 22.0. The Labute approximate surface area is 184 Å². The number of hydrogen-bond donors (Lipinski definition) is 0. The van der Waals surface area contributed by atoms with Gasteiger partial charge in [-0.2, -0.15) is 8.78 Å². The number of unbranched alkanes of at least 4 members (excludes halogenated alkanes) is 2. The van der Waals surface area contributed by atoms with Crippen molar-refractivity contribution in [2.45, 2.75) is 96.3 Å². The Morgan fingerprint density at radius 2 is 1.77 bits per heavy atom. The molecule has 5 unspecified atom stereocenters. The lowest BCUT2D eigenvalue weighted by Gasteiger charge is -2.42. The Morgan fingerprint density at radius 1 is 1.00 bits per heavy atom. The van der Waals surface area contributed by atoms with E-state index in [-0.39, 0.29) is 23.5 Å². The molecule has 0 nitrogen and oxygen atoms in total. The van der Waals surface area contributed by atoms with Gasteiger partial charge in [-0.3, -0.25) is 0 Å². The van der Waals surface area contributed by atoms with Crippen LogP contribution in [0.5, 0.6) is 0 Å². The lowest BCUT2D eigenvalue weighted by molar-refractivity contribution is 0.130. The molecule has 3 aliphatic rings. The summed E-state index contributed by atoms with van der Waals surface area (Å²) in [6, 6.07) is 1.64. The van der Waals surface area contributed by atoms with Crippen molar-refractivity contribution < 1.29 is 17.6 Å². The van der Waals surface area contributed by atoms with Crippen LogP contribution in [0.1, 0.15) is 100 Å². The van der Waals surface area contributed by atoms with Gasteiger partial charge in [0.25, 0.3) is 6.08 Å². The van der Waals surface area contributed by atoms with Crippen LogP contribution in [-0.2, 0) is 12.8 Å². The molecule has 0 radical (unpaired) electrons. The van der Waals surface area contributed by atoms with Gasteiger partial charge in [-0.25, -0.2) is 8.78 Å². The van der Waals surface area contributed by atoms with Crippen molar-refractivity contribution >= 4 is 0 Å². The van der Waals surface area contributed by atoms with Gasteiger partial charge in [-0.1, -0.05) is 32.6 Å². The van der Waals surface area contributed by atoms with Gasteiger partial charge in [-0.15, -0.1) is 0 Å². The molecular weight excluding hydrogens is 400 g/mol. The van der Waals surface area contributed by atoms with Crippen molar-refractivity contribution in [1.29, 1.82) is 0 Å². The Hall–Kier alpha value is -1.32. The van der Waals surface area contributed by atoms with E-state index in [1.807, 2.05) is 0 Å². The molecule has 0 bridgehead atoms. The summed E-state index contributed by atoms with van der Waals surface area (Å²) in [5, 5.41) is 0. The smallest absolute Gasteiger partial charge is 0.207 e. The third kappa shape index (κ3) is 5.20. The Bertz CT molecular complexity index is 795. The molecular formula is C27H36F4. The van der Waals surface area contributed by atoms with E-state index >= 15 is 8.78 Å². The van der Waals surface area contributed by atoms with Crippen LogP contribution in [0.4, 0.5) is 17.6 Å². The van der Waals surface area contributed by atoms with E-state index in [4.69, 9.17) is 0 Å². The summed E-state index contributed by atoms with van der Waals surface area (Å²) >= 11 is 0. The number of allylic oxidation sites excluding steroid dienone is 1. The van der Waals surface area contributed by atoms with Crippen LogP contribution >= 0.6 is 0 Å². The highest BCUT2D eigenvalue weighted by Gasteiger charge is 2.38. The van der Waals surface area contributed by atoms with Gasteiger partial charge in [0.15, 0.2) is 0 Å². The molecule has 2 fully saturated rings. The predicted octanol–water partition coefficient (Wildman–Crippen LogP) is 8.73. The summed E-state index contributed by atoms with van der Waals surface area (Å²) in [5.74, 6) is 0.635. The Kier molecular flexibility index (Phi) is 7.44. The molecule has 4 heteroatoms. The second-order valence-corrected chi connectivity index (χ2v) is 10.4. The minimum Gasteiger partial charge on any atom is -0.207 e. The maximum Gasteiger partial charge on any atom is 0.266 e. The number of hydrogen-bond acceptors (Lipinski definition) is 0. The summed E-state index contributed by atoms with van der Waals surface area (Å²) in [6.07, 6.45) is 11.8. The van der Waals surface area contributed by atoms with E-state index < -0.39 is 6.08 Å². The second-order valence-electron chi connectivity index (χ2n) is 10.4. The van der Waals surface area contributed by atoms with Crippen LogP contribution in [0.3, 0.4) is 0 Å². The fourth-order valence-electron chi connectivity index (χ4n) is 6.76. The minimum atomic E-state index is -1.58. The number of halogens is 4. The van der Waals surface area contributed by atoms with Crippen LogP contribution in [0, 0.1) is 35.3 Å². The molecule has 2 saturated carbocycles. The fourth-order valence-corrected chi connectivity index (χ4v) is 6.76. The molecule has 1 aromatic carbocycles. The summed E-state index contributed by atoms with van der Waals surface area (Å²) in [4.78, 5) is 0. The molecule has 0 amide bonds. The normalized spacial score (nSPS) is 30.4. The average molecular weight is 437 g/mol. The molecule has 0 N–H and O–H groups in total. The lowest BCUT2D eigenvalue weighted by Crippen LogP contribution is -2.31. The van der Waals surface area contributed by atoms with Crippen LogP contribution in [0.15, 0.2) is 18.2 Å². The van der Waals surface area contributed by atoms with Crippen LogP contribution < -0.4 is 0 Å². The number of fused-ring (bicyclic) bond motifs is 2. The van der Waals surface area contributed by atoms with E-state index in [1.165, 1.54) is 19.3 Å². The van der Waals surface area contributed by atoms with Crippen molar-refractivity contribution in [3.05, 3.63) is 46.5 Å². The monoisotopic (exact) mass is 436 g/mol. The first-order chi connectivity index (χ1) is 15.0. The molecule has 4 rings (SSSR count). The topological polar surface area (TPSA) is 0 Å². The fraction of sp³-hybridized carbons (Fsp3) is 0.704. The molecule has 0 spiro atoms. The quantitative estimate of drug-likeness (QED) is 0.309.